The molecule has 0 bridgehead atoms. The molecule has 0 aromatic heterocycles. The average Bonchev–Trinajstić information content (AvgIpc) is 2.39. The Bertz CT molecular complexity index is 611. The lowest BCUT2D eigenvalue weighted by Crippen LogP contribution is -2.13. The summed E-state index contributed by atoms with van der Waals surface area (Å²) in [6.45, 7) is 2.04. The van der Waals surface area contributed by atoms with E-state index < -0.39 is 0 Å². The Morgan fingerprint density at radius 1 is 1.26 bits per heavy atom. The summed E-state index contributed by atoms with van der Waals surface area (Å²) in [4.78, 5) is 12.2. The number of aryl methyl sites for hydroxylation is 1. The smallest absolute Gasteiger partial charge is 0.257 e. The molecular formula is C15H15ClN2O. The third-order valence-electron chi connectivity index (χ3n) is 2.88. The van der Waals surface area contributed by atoms with Gasteiger partial charge < -0.3 is 11.1 Å². The molecule has 0 spiro atoms. The normalized spacial score (nSPS) is 10.2. The molecule has 0 atom stereocenters. The summed E-state index contributed by atoms with van der Waals surface area (Å²) in [5.74, 6) is -0.231. The second-order valence-corrected chi connectivity index (χ2v) is 4.61. The molecule has 0 aliphatic rings. The summed E-state index contributed by atoms with van der Waals surface area (Å²) in [6, 6.07) is 12.6. The van der Waals surface area contributed by atoms with E-state index >= 15 is 0 Å². The minimum absolute atomic E-state index is 0.231. The van der Waals surface area contributed by atoms with Crippen LogP contribution < -0.4 is 11.1 Å². The first-order valence-corrected chi connectivity index (χ1v) is 6.44. The van der Waals surface area contributed by atoms with Crippen molar-refractivity contribution in [3.8, 4) is 0 Å². The summed E-state index contributed by atoms with van der Waals surface area (Å²) in [5, 5.41) is 3.23. The van der Waals surface area contributed by atoms with Gasteiger partial charge in [-0.3, -0.25) is 4.79 Å². The molecule has 0 radical (unpaired) electrons. The van der Waals surface area contributed by atoms with Gasteiger partial charge in [0.25, 0.3) is 5.91 Å². The minimum atomic E-state index is -0.231. The third-order valence-corrected chi connectivity index (χ3v) is 3.20. The van der Waals surface area contributed by atoms with E-state index in [1.807, 2.05) is 31.2 Å². The molecule has 0 aliphatic carbocycles. The second kappa shape index (κ2) is 5.76. The molecule has 0 heterocycles. The maximum atomic E-state index is 12.2. The van der Waals surface area contributed by atoms with Gasteiger partial charge in [-0.05, 0) is 36.2 Å². The van der Waals surface area contributed by atoms with Crippen LogP contribution in [0.5, 0.6) is 0 Å². The monoisotopic (exact) mass is 274 g/mol. The molecule has 1 amide bonds. The highest BCUT2D eigenvalue weighted by atomic mass is 35.5. The fraction of sp³-hybridized carbons (Fsp3) is 0.133. The SMILES string of the molecule is CCc1ccccc1NC(=O)c1ccc(N)cc1Cl. The largest absolute Gasteiger partial charge is 0.399 e. The van der Waals surface area contributed by atoms with Gasteiger partial charge in [0.15, 0.2) is 0 Å². The van der Waals surface area contributed by atoms with Crippen LogP contribution in [-0.4, -0.2) is 5.91 Å². The van der Waals surface area contributed by atoms with Crippen LogP contribution in [0, 0.1) is 0 Å². The number of nitrogens with two attached hydrogens (primary N) is 1. The summed E-state index contributed by atoms with van der Waals surface area (Å²) >= 11 is 6.02. The predicted molar refractivity (Wildman–Crippen MR) is 79.6 cm³/mol. The Morgan fingerprint density at radius 2 is 2.00 bits per heavy atom. The van der Waals surface area contributed by atoms with Crippen LogP contribution in [0.2, 0.25) is 5.02 Å². The minimum Gasteiger partial charge on any atom is -0.399 e. The molecule has 19 heavy (non-hydrogen) atoms. The van der Waals surface area contributed by atoms with Gasteiger partial charge in [0.1, 0.15) is 0 Å². The summed E-state index contributed by atoms with van der Waals surface area (Å²) in [6.07, 6.45) is 0.853. The van der Waals surface area contributed by atoms with E-state index in [0.717, 1.165) is 17.7 Å². The fourth-order valence-electron chi connectivity index (χ4n) is 1.86. The van der Waals surface area contributed by atoms with E-state index in [1.54, 1.807) is 18.2 Å². The Kier molecular flexibility index (Phi) is 4.07. The van der Waals surface area contributed by atoms with Crippen molar-refractivity contribution in [3.63, 3.8) is 0 Å². The molecule has 3 N–H and O–H groups in total. The van der Waals surface area contributed by atoms with E-state index in [-0.39, 0.29) is 5.91 Å². The molecule has 0 fully saturated rings. The predicted octanol–water partition coefficient (Wildman–Crippen LogP) is 3.74. The van der Waals surface area contributed by atoms with E-state index in [4.69, 9.17) is 17.3 Å². The Morgan fingerprint density at radius 3 is 2.68 bits per heavy atom. The molecule has 98 valence electrons. The van der Waals surface area contributed by atoms with Crippen LogP contribution in [0.4, 0.5) is 11.4 Å². The van der Waals surface area contributed by atoms with Crippen LogP contribution in [0.25, 0.3) is 0 Å². The van der Waals surface area contributed by atoms with Crippen molar-refractivity contribution in [1.82, 2.24) is 0 Å². The quantitative estimate of drug-likeness (QED) is 0.838. The molecule has 0 saturated carbocycles. The molecule has 4 heteroatoms. The van der Waals surface area contributed by atoms with Gasteiger partial charge in [0.05, 0.1) is 10.6 Å². The summed E-state index contributed by atoms with van der Waals surface area (Å²) in [7, 11) is 0. The summed E-state index contributed by atoms with van der Waals surface area (Å²) < 4.78 is 0. The van der Waals surface area contributed by atoms with Gasteiger partial charge in [-0.25, -0.2) is 0 Å². The van der Waals surface area contributed by atoms with Crippen molar-refractivity contribution in [2.45, 2.75) is 13.3 Å². The number of amides is 1. The zero-order valence-corrected chi connectivity index (χ0v) is 11.4. The van der Waals surface area contributed by atoms with Gasteiger partial charge in [-0.2, -0.15) is 0 Å². The highest BCUT2D eigenvalue weighted by molar-refractivity contribution is 6.34. The third kappa shape index (κ3) is 3.06. The average molecular weight is 275 g/mol. The van der Waals surface area contributed by atoms with E-state index in [0.29, 0.717) is 16.3 Å². The summed E-state index contributed by atoms with van der Waals surface area (Å²) in [5.41, 5.74) is 8.46. The maximum Gasteiger partial charge on any atom is 0.257 e. The zero-order chi connectivity index (χ0) is 13.8. The van der Waals surface area contributed by atoms with Crippen molar-refractivity contribution in [2.75, 3.05) is 11.1 Å². The Labute approximate surface area is 117 Å². The van der Waals surface area contributed by atoms with Crippen molar-refractivity contribution in [2.24, 2.45) is 0 Å². The van der Waals surface area contributed by atoms with Crippen molar-refractivity contribution < 1.29 is 4.79 Å². The number of halogens is 1. The topological polar surface area (TPSA) is 55.1 Å². The second-order valence-electron chi connectivity index (χ2n) is 4.20. The number of nitrogens with one attached hydrogen (secondary N) is 1. The number of benzene rings is 2. The van der Waals surface area contributed by atoms with Crippen LogP contribution in [-0.2, 0) is 6.42 Å². The highest BCUT2D eigenvalue weighted by Crippen LogP contribution is 2.22. The number of carbonyl (C=O) groups is 1. The number of nitrogen functional groups attached to an aromatic ring is 1. The number of hydrogen-bond acceptors (Lipinski definition) is 2. The van der Waals surface area contributed by atoms with Gasteiger partial charge >= 0.3 is 0 Å². The van der Waals surface area contributed by atoms with Gasteiger partial charge in [-0.1, -0.05) is 36.7 Å². The van der Waals surface area contributed by atoms with E-state index in [9.17, 15) is 4.79 Å². The lowest BCUT2D eigenvalue weighted by atomic mass is 10.1. The number of rotatable bonds is 3. The van der Waals surface area contributed by atoms with Crippen LogP contribution in [0.15, 0.2) is 42.5 Å². The Balaban J connectivity index is 2.26. The molecule has 2 aromatic carbocycles. The molecule has 2 rings (SSSR count). The highest BCUT2D eigenvalue weighted by Gasteiger charge is 2.11. The number of carbonyl (C=O) groups excluding carboxylic acids is 1. The van der Waals surface area contributed by atoms with Gasteiger partial charge in [0, 0.05) is 11.4 Å². The van der Waals surface area contributed by atoms with Crippen LogP contribution in [0.3, 0.4) is 0 Å². The lowest BCUT2D eigenvalue weighted by Gasteiger charge is -2.10. The number of hydrogen-bond donors (Lipinski definition) is 2. The first-order chi connectivity index (χ1) is 9.11. The molecule has 0 saturated heterocycles. The number of anilines is 2. The van der Waals surface area contributed by atoms with Crippen molar-refractivity contribution in [3.05, 3.63) is 58.6 Å². The van der Waals surface area contributed by atoms with E-state index in [1.165, 1.54) is 0 Å². The van der Waals surface area contributed by atoms with Gasteiger partial charge in [0.2, 0.25) is 0 Å². The first-order valence-electron chi connectivity index (χ1n) is 6.06. The molecular weight excluding hydrogens is 260 g/mol. The maximum absolute atomic E-state index is 12.2. The van der Waals surface area contributed by atoms with Crippen LogP contribution in [0.1, 0.15) is 22.8 Å². The van der Waals surface area contributed by atoms with Gasteiger partial charge in [-0.15, -0.1) is 0 Å². The first kappa shape index (κ1) is 13.4. The molecule has 0 aliphatic heterocycles. The number of para-hydroxylation sites is 1. The molecule has 0 unspecified atom stereocenters. The zero-order valence-electron chi connectivity index (χ0n) is 10.6. The standard InChI is InChI=1S/C15H15ClN2O/c1-2-10-5-3-4-6-14(10)18-15(19)12-8-7-11(17)9-13(12)16/h3-9H,2,17H2,1H3,(H,18,19). The van der Waals surface area contributed by atoms with Crippen molar-refractivity contribution in [1.29, 1.82) is 0 Å². The van der Waals surface area contributed by atoms with Crippen molar-refractivity contribution >= 4 is 28.9 Å². The molecule has 2 aromatic rings. The molecule has 3 nitrogen and oxygen atoms in total. The lowest BCUT2D eigenvalue weighted by molar-refractivity contribution is 0.102. The Hall–Kier alpha value is -2.00. The van der Waals surface area contributed by atoms with E-state index in [2.05, 4.69) is 5.32 Å². The fourth-order valence-corrected chi connectivity index (χ4v) is 2.13. The van der Waals surface area contributed by atoms with Crippen LogP contribution >= 0.6 is 11.6 Å².